The van der Waals surface area contributed by atoms with E-state index in [9.17, 15) is 4.39 Å². The van der Waals surface area contributed by atoms with Gasteiger partial charge in [-0.05, 0) is 20.0 Å². The van der Waals surface area contributed by atoms with E-state index in [4.69, 9.17) is 9.47 Å². The van der Waals surface area contributed by atoms with E-state index < -0.39 is 6.67 Å². The number of ether oxygens (including phenoxy) is 2. The maximum atomic E-state index is 12.1. The molecule has 0 aromatic heterocycles. The number of halogens is 1. The molecule has 0 atom stereocenters. The van der Waals surface area contributed by atoms with E-state index in [0.717, 1.165) is 5.56 Å². The number of hydrogen-bond acceptors (Lipinski definition) is 3. The van der Waals surface area contributed by atoms with Crippen LogP contribution in [0.3, 0.4) is 0 Å². The van der Waals surface area contributed by atoms with Gasteiger partial charge in [0.05, 0.1) is 6.61 Å². The molecule has 1 rings (SSSR count). The Morgan fingerprint density at radius 2 is 2.12 bits per heavy atom. The van der Waals surface area contributed by atoms with Gasteiger partial charge in [-0.15, -0.1) is 0 Å². The lowest BCUT2D eigenvalue weighted by Gasteiger charge is -2.14. The maximum Gasteiger partial charge on any atom is 0.165 e. The number of para-hydroxylation sites is 1. The monoisotopic (exact) mass is 227 g/mol. The van der Waals surface area contributed by atoms with Gasteiger partial charge < -0.3 is 14.8 Å². The van der Waals surface area contributed by atoms with E-state index in [1.165, 1.54) is 0 Å². The SMILES string of the molecule is CCOc1cccc(CNC)c1OCCF. The summed E-state index contributed by atoms with van der Waals surface area (Å²) in [6.45, 7) is 2.70. The first-order chi connectivity index (χ1) is 7.83. The van der Waals surface area contributed by atoms with Gasteiger partial charge in [0.2, 0.25) is 0 Å². The third kappa shape index (κ3) is 3.38. The second kappa shape index (κ2) is 7.06. The number of nitrogens with one attached hydrogen (secondary N) is 1. The fraction of sp³-hybridized carbons (Fsp3) is 0.500. The summed E-state index contributed by atoms with van der Waals surface area (Å²) in [6.07, 6.45) is 0. The van der Waals surface area contributed by atoms with E-state index in [1.54, 1.807) is 0 Å². The van der Waals surface area contributed by atoms with Gasteiger partial charge in [-0.3, -0.25) is 0 Å². The van der Waals surface area contributed by atoms with E-state index in [-0.39, 0.29) is 6.61 Å². The summed E-state index contributed by atoms with van der Waals surface area (Å²) in [7, 11) is 1.85. The van der Waals surface area contributed by atoms with Crippen molar-refractivity contribution in [1.29, 1.82) is 0 Å². The Kier molecular flexibility index (Phi) is 5.64. The van der Waals surface area contributed by atoms with E-state index in [0.29, 0.717) is 24.7 Å². The van der Waals surface area contributed by atoms with Crippen LogP contribution in [0, 0.1) is 0 Å². The minimum absolute atomic E-state index is 0.0564. The van der Waals surface area contributed by atoms with Gasteiger partial charge in [0, 0.05) is 12.1 Å². The van der Waals surface area contributed by atoms with Crippen molar-refractivity contribution in [3.8, 4) is 11.5 Å². The van der Waals surface area contributed by atoms with Crippen LogP contribution in [0.15, 0.2) is 18.2 Å². The molecule has 0 bridgehead atoms. The lowest BCUT2D eigenvalue weighted by atomic mass is 10.2. The number of hydrogen-bond donors (Lipinski definition) is 1. The van der Waals surface area contributed by atoms with Crippen LogP contribution >= 0.6 is 0 Å². The van der Waals surface area contributed by atoms with E-state index in [2.05, 4.69) is 5.32 Å². The molecular weight excluding hydrogens is 209 g/mol. The van der Waals surface area contributed by atoms with Gasteiger partial charge in [-0.2, -0.15) is 0 Å². The van der Waals surface area contributed by atoms with Crippen molar-refractivity contribution in [3.05, 3.63) is 23.8 Å². The van der Waals surface area contributed by atoms with Gasteiger partial charge >= 0.3 is 0 Å². The van der Waals surface area contributed by atoms with Crippen LogP contribution < -0.4 is 14.8 Å². The van der Waals surface area contributed by atoms with Crippen LogP contribution in [0.1, 0.15) is 12.5 Å². The minimum Gasteiger partial charge on any atom is -0.490 e. The zero-order valence-corrected chi connectivity index (χ0v) is 9.75. The summed E-state index contributed by atoms with van der Waals surface area (Å²) >= 11 is 0. The van der Waals surface area contributed by atoms with Crippen molar-refractivity contribution in [1.82, 2.24) is 5.32 Å². The fourth-order valence-corrected chi connectivity index (χ4v) is 1.46. The number of rotatable bonds is 7. The highest BCUT2D eigenvalue weighted by Crippen LogP contribution is 2.31. The third-order valence-corrected chi connectivity index (χ3v) is 2.05. The van der Waals surface area contributed by atoms with Crippen molar-refractivity contribution in [2.24, 2.45) is 0 Å². The quantitative estimate of drug-likeness (QED) is 0.774. The van der Waals surface area contributed by atoms with Crippen LogP contribution in [0.25, 0.3) is 0 Å². The van der Waals surface area contributed by atoms with Crippen LogP contribution in [-0.2, 0) is 6.54 Å². The molecule has 3 nitrogen and oxygen atoms in total. The summed E-state index contributed by atoms with van der Waals surface area (Å²) in [5.41, 5.74) is 0.974. The highest BCUT2D eigenvalue weighted by atomic mass is 19.1. The summed E-state index contributed by atoms with van der Waals surface area (Å²) in [6, 6.07) is 5.67. The first-order valence-corrected chi connectivity index (χ1v) is 5.41. The Morgan fingerprint density at radius 1 is 1.31 bits per heavy atom. The van der Waals surface area contributed by atoms with Crippen LogP contribution in [0.4, 0.5) is 4.39 Å². The van der Waals surface area contributed by atoms with Crippen molar-refractivity contribution >= 4 is 0 Å². The molecule has 0 radical (unpaired) electrons. The lowest BCUT2D eigenvalue weighted by Crippen LogP contribution is -2.10. The van der Waals surface area contributed by atoms with Gasteiger partial charge in [0.1, 0.15) is 13.3 Å². The summed E-state index contributed by atoms with van der Waals surface area (Å²) in [4.78, 5) is 0. The van der Waals surface area contributed by atoms with Crippen molar-refractivity contribution in [2.45, 2.75) is 13.5 Å². The fourth-order valence-electron chi connectivity index (χ4n) is 1.46. The largest absolute Gasteiger partial charge is 0.490 e. The van der Waals surface area contributed by atoms with Gasteiger partial charge in [0.15, 0.2) is 11.5 Å². The molecule has 0 aliphatic heterocycles. The third-order valence-electron chi connectivity index (χ3n) is 2.05. The molecule has 16 heavy (non-hydrogen) atoms. The van der Waals surface area contributed by atoms with E-state index in [1.807, 2.05) is 32.2 Å². The van der Waals surface area contributed by atoms with Crippen LogP contribution in [0.5, 0.6) is 11.5 Å². The molecule has 1 aromatic rings. The Morgan fingerprint density at radius 3 is 2.75 bits per heavy atom. The molecule has 0 unspecified atom stereocenters. The summed E-state index contributed by atoms with van der Waals surface area (Å²) < 4.78 is 23.0. The predicted molar refractivity (Wildman–Crippen MR) is 61.8 cm³/mol. The first-order valence-electron chi connectivity index (χ1n) is 5.41. The molecule has 4 heteroatoms. The summed E-state index contributed by atoms with van der Waals surface area (Å²) in [5.74, 6) is 1.31. The highest BCUT2D eigenvalue weighted by molar-refractivity contribution is 5.46. The molecule has 1 N–H and O–H groups in total. The average Bonchev–Trinajstić information content (AvgIpc) is 2.29. The predicted octanol–water partition coefficient (Wildman–Crippen LogP) is 2.15. The minimum atomic E-state index is -0.501. The topological polar surface area (TPSA) is 30.5 Å². The second-order valence-corrected chi connectivity index (χ2v) is 3.25. The smallest absolute Gasteiger partial charge is 0.165 e. The van der Waals surface area contributed by atoms with Crippen molar-refractivity contribution < 1.29 is 13.9 Å². The molecular formula is C12H18FNO2. The molecule has 0 saturated heterocycles. The number of alkyl halides is 1. The van der Waals surface area contributed by atoms with Crippen molar-refractivity contribution in [2.75, 3.05) is 26.9 Å². The zero-order chi connectivity index (χ0) is 11.8. The lowest BCUT2D eigenvalue weighted by molar-refractivity contribution is 0.249. The highest BCUT2D eigenvalue weighted by Gasteiger charge is 2.10. The molecule has 1 aromatic carbocycles. The Bertz CT molecular complexity index is 294. The standard InChI is InChI=1S/C12H18FNO2/c1-3-15-11-6-4-5-10(9-14-2)12(11)16-8-7-13/h4-6,14H,3,7-9H2,1-2H3. The second-order valence-electron chi connectivity index (χ2n) is 3.25. The van der Waals surface area contributed by atoms with Crippen molar-refractivity contribution in [3.63, 3.8) is 0 Å². The number of benzene rings is 1. The molecule has 0 saturated carbocycles. The van der Waals surface area contributed by atoms with Gasteiger partial charge in [0.25, 0.3) is 0 Å². The van der Waals surface area contributed by atoms with Crippen LogP contribution in [0.2, 0.25) is 0 Å². The molecule has 0 spiro atoms. The molecule has 0 fully saturated rings. The Balaban J connectivity index is 2.92. The molecule has 90 valence electrons. The van der Waals surface area contributed by atoms with E-state index >= 15 is 0 Å². The first kappa shape index (κ1) is 12.8. The van der Waals surface area contributed by atoms with Gasteiger partial charge in [-0.1, -0.05) is 12.1 Å². The van der Waals surface area contributed by atoms with Crippen LogP contribution in [-0.4, -0.2) is 26.9 Å². The maximum absolute atomic E-state index is 12.1. The summed E-state index contributed by atoms with van der Waals surface area (Å²) in [5, 5.41) is 3.04. The average molecular weight is 227 g/mol. The van der Waals surface area contributed by atoms with Gasteiger partial charge in [-0.25, -0.2) is 4.39 Å². The molecule has 0 amide bonds. The molecule has 0 heterocycles. The molecule has 0 aliphatic carbocycles. The normalized spacial score (nSPS) is 10.2. The zero-order valence-electron chi connectivity index (χ0n) is 9.75. The molecule has 0 aliphatic rings. The Hall–Kier alpha value is -1.29. The Labute approximate surface area is 95.6 Å².